The summed E-state index contributed by atoms with van der Waals surface area (Å²) in [5.41, 5.74) is 0.0923. The minimum absolute atomic E-state index is 0.0923. The fourth-order valence-electron chi connectivity index (χ4n) is 1.15. The molecule has 0 fully saturated rings. The lowest BCUT2D eigenvalue weighted by atomic mass is 10.1. The molecule has 1 rings (SSSR count). The monoisotopic (exact) mass is 203 g/mol. The summed E-state index contributed by atoms with van der Waals surface area (Å²) in [4.78, 5) is 10.7. The summed E-state index contributed by atoms with van der Waals surface area (Å²) in [7, 11) is 0. The van der Waals surface area contributed by atoms with Crippen molar-refractivity contribution in [1.29, 1.82) is 0 Å². The van der Waals surface area contributed by atoms with Crippen molar-refractivity contribution in [1.82, 2.24) is 5.32 Å². The molecule has 1 amide bonds. The van der Waals surface area contributed by atoms with Crippen LogP contribution in [0.3, 0.4) is 0 Å². The predicted octanol–water partition coefficient (Wildman–Crippen LogP) is -1.92. The summed E-state index contributed by atoms with van der Waals surface area (Å²) >= 11 is 0. The van der Waals surface area contributed by atoms with Gasteiger partial charge in [0.15, 0.2) is 6.29 Å². The summed E-state index contributed by atoms with van der Waals surface area (Å²) < 4.78 is 4.83. The third-order valence-electron chi connectivity index (χ3n) is 1.80. The van der Waals surface area contributed by atoms with E-state index in [1.807, 2.05) is 0 Å². The summed E-state index contributed by atoms with van der Waals surface area (Å²) in [5, 5.41) is 29.7. The van der Waals surface area contributed by atoms with Crippen LogP contribution >= 0.6 is 0 Å². The molecule has 0 aliphatic carbocycles. The average molecular weight is 203 g/mol. The molecule has 14 heavy (non-hydrogen) atoms. The van der Waals surface area contributed by atoms with Gasteiger partial charge in [-0.3, -0.25) is 4.79 Å². The van der Waals surface area contributed by atoms with Crippen LogP contribution in [0.25, 0.3) is 0 Å². The number of hydrogen-bond acceptors (Lipinski definition) is 5. The van der Waals surface area contributed by atoms with Gasteiger partial charge in [0, 0.05) is 6.92 Å². The molecular weight excluding hydrogens is 190 g/mol. The van der Waals surface area contributed by atoms with E-state index in [0.29, 0.717) is 0 Å². The molecule has 6 heteroatoms. The number of rotatable bonds is 2. The van der Waals surface area contributed by atoms with Gasteiger partial charge in [0.2, 0.25) is 5.91 Å². The molecule has 0 aromatic rings. The van der Waals surface area contributed by atoms with Crippen LogP contribution in [-0.4, -0.2) is 46.3 Å². The normalized spacial score (nSPS) is 32.3. The predicted molar refractivity (Wildman–Crippen MR) is 45.9 cm³/mol. The van der Waals surface area contributed by atoms with Crippen molar-refractivity contribution in [2.45, 2.75) is 25.4 Å². The van der Waals surface area contributed by atoms with Gasteiger partial charge in [-0.15, -0.1) is 0 Å². The Balaban J connectivity index is 2.71. The van der Waals surface area contributed by atoms with E-state index in [-0.39, 0.29) is 11.6 Å². The third-order valence-corrected chi connectivity index (χ3v) is 1.80. The van der Waals surface area contributed by atoms with Crippen LogP contribution in [-0.2, 0) is 9.53 Å². The molecular formula is C8H13NO5. The Hall–Kier alpha value is -0.950. The van der Waals surface area contributed by atoms with E-state index in [1.54, 1.807) is 0 Å². The quantitative estimate of drug-likeness (QED) is 0.419. The molecule has 3 unspecified atom stereocenters. The van der Waals surface area contributed by atoms with Gasteiger partial charge in [0.05, 0.1) is 12.3 Å². The maximum absolute atomic E-state index is 10.7. The summed E-state index contributed by atoms with van der Waals surface area (Å²) in [6.45, 7) is 0.875. The number of nitrogens with one attached hydrogen (secondary N) is 1. The van der Waals surface area contributed by atoms with Crippen molar-refractivity contribution in [2.75, 3.05) is 6.61 Å². The Morgan fingerprint density at radius 1 is 1.64 bits per heavy atom. The Morgan fingerprint density at radius 3 is 2.79 bits per heavy atom. The van der Waals surface area contributed by atoms with E-state index in [4.69, 9.17) is 9.84 Å². The molecule has 80 valence electrons. The van der Waals surface area contributed by atoms with Crippen LogP contribution in [0.4, 0.5) is 0 Å². The van der Waals surface area contributed by atoms with Crippen LogP contribution in [0, 0.1) is 0 Å². The molecule has 4 N–H and O–H groups in total. The largest absolute Gasteiger partial charge is 0.394 e. The molecule has 6 nitrogen and oxygen atoms in total. The second-order valence-corrected chi connectivity index (χ2v) is 3.00. The average Bonchev–Trinajstić information content (AvgIpc) is 2.10. The molecule has 0 aromatic carbocycles. The Bertz CT molecular complexity index is 252. The topological polar surface area (TPSA) is 99.0 Å². The van der Waals surface area contributed by atoms with Crippen molar-refractivity contribution in [3.8, 4) is 0 Å². The highest BCUT2D eigenvalue weighted by Gasteiger charge is 2.29. The lowest BCUT2D eigenvalue weighted by molar-refractivity contribution is -0.164. The van der Waals surface area contributed by atoms with Gasteiger partial charge in [-0.1, -0.05) is 0 Å². The van der Waals surface area contributed by atoms with E-state index in [9.17, 15) is 15.0 Å². The van der Waals surface area contributed by atoms with Crippen LogP contribution in [0.2, 0.25) is 0 Å². The molecule has 1 heterocycles. The second kappa shape index (κ2) is 4.52. The number of amides is 1. The number of ether oxygens (including phenoxy) is 1. The van der Waals surface area contributed by atoms with Crippen molar-refractivity contribution in [3.63, 3.8) is 0 Å². The second-order valence-electron chi connectivity index (χ2n) is 3.00. The van der Waals surface area contributed by atoms with Gasteiger partial charge in [-0.25, -0.2) is 0 Å². The molecule has 0 spiro atoms. The van der Waals surface area contributed by atoms with Gasteiger partial charge >= 0.3 is 0 Å². The van der Waals surface area contributed by atoms with E-state index in [1.165, 1.54) is 13.0 Å². The molecule has 0 aromatic heterocycles. The zero-order chi connectivity index (χ0) is 10.7. The highest BCUT2D eigenvalue weighted by molar-refractivity contribution is 5.75. The van der Waals surface area contributed by atoms with Gasteiger partial charge in [-0.2, -0.15) is 0 Å². The van der Waals surface area contributed by atoms with Gasteiger partial charge in [0.1, 0.15) is 12.2 Å². The number of carbonyl (C=O) groups excluding carboxylic acids is 1. The summed E-state index contributed by atoms with van der Waals surface area (Å²) in [6.07, 6.45) is -1.97. The number of carbonyl (C=O) groups is 1. The fourth-order valence-corrected chi connectivity index (χ4v) is 1.15. The Kier molecular flexibility index (Phi) is 3.59. The third kappa shape index (κ3) is 2.52. The SMILES string of the molecule is CC(=O)NC1=CC(O)C(CO)OC1O. The maximum Gasteiger partial charge on any atom is 0.221 e. The molecule has 0 radical (unpaired) electrons. The van der Waals surface area contributed by atoms with Gasteiger partial charge < -0.3 is 25.4 Å². The van der Waals surface area contributed by atoms with Gasteiger partial charge in [0.25, 0.3) is 0 Å². The first kappa shape index (κ1) is 11.1. The van der Waals surface area contributed by atoms with Crippen LogP contribution in [0.5, 0.6) is 0 Å². The summed E-state index contributed by atoms with van der Waals surface area (Å²) in [6, 6.07) is 0. The molecule has 0 saturated carbocycles. The number of hydrogen-bond donors (Lipinski definition) is 4. The van der Waals surface area contributed by atoms with Crippen molar-refractivity contribution >= 4 is 5.91 Å². The maximum atomic E-state index is 10.7. The van der Waals surface area contributed by atoms with Crippen molar-refractivity contribution in [3.05, 3.63) is 11.8 Å². The first-order valence-electron chi connectivity index (χ1n) is 4.16. The highest BCUT2D eigenvalue weighted by atomic mass is 16.6. The minimum Gasteiger partial charge on any atom is -0.394 e. The zero-order valence-electron chi connectivity index (χ0n) is 7.67. The Morgan fingerprint density at radius 2 is 2.29 bits per heavy atom. The van der Waals surface area contributed by atoms with Crippen molar-refractivity contribution < 1.29 is 24.9 Å². The first-order chi connectivity index (χ1) is 6.54. The van der Waals surface area contributed by atoms with E-state index in [0.717, 1.165) is 0 Å². The Labute approximate surface area is 80.8 Å². The number of aliphatic hydroxyl groups excluding tert-OH is 3. The summed E-state index contributed by atoms with van der Waals surface area (Å²) in [5.74, 6) is -0.367. The first-order valence-corrected chi connectivity index (χ1v) is 4.16. The van der Waals surface area contributed by atoms with Crippen LogP contribution in [0.15, 0.2) is 11.8 Å². The smallest absolute Gasteiger partial charge is 0.221 e. The molecule has 0 bridgehead atoms. The highest BCUT2D eigenvalue weighted by Crippen LogP contribution is 2.15. The number of aliphatic hydroxyl groups is 3. The molecule has 3 atom stereocenters. The zero-order valence-corrected chi connectivity index (χ0v) is 7.67. The standard InChI is InChI=1S/C8H13NO5/c1-4(11)9-5-2-6(12)7(3-10)14-8(5)13/h2,6-8,10,12-13H,3H2,1H3,(H,9,11). The van der Waals surface area contributed by atoms with Crippen molar-refractivity contribution in [2.24, 2.45) is 0 Å². The van der Waals surface area contributed by atoms with E-state index < -0.39 is 25.1 Å². The van der Waals surface area contributed by atoms with E-state index >= 15 is 0 Å². The molecule has 0 saturated heterocycles. The fraction of sp³-hybridized carbons (Fsp3) is 0.625. The lowest BCUT2D eigenvalue weighted by Gasteiger charge is -2.29. The molecule has 1 aliphatic heterocycles. The van der Waals surface area contributed by atoms with Crippen LogP contribution < -0.4 is 5.32 Å². The van der Waals surface area contributed by atoms with E-state index in [2.05, 4.69) is 5.32 Å². The molecule has 1 aliphatic rings. The lowest BCUT2D eigenvalue weighted by Crippen LogP contribution is -2.44. The van der Waals surface area contributed by atoms with Crippen LogP contribution in [0.1, 0.15) is 6.92 Å². The van der Waals surface area contributed by atoms with Gasteiger partial charge in [-0.05, 0) is 6.08 Å². The minimum atomic E-state index is -1.32.